The van der Waals surface area contributed by atoms with Crippen molar-refractivity contribution in [3.8, 4) is 56.5 Å². The number of nitrogens with one attached hydrogen (secondary N) is 1. The lowest BCUT2D eigenvalue weighted by molar-refractivity contribution is 1.12. The lowest BCUT2D eigenvalue weighted by atomic mass is 10.0. The van der Waals surface area contributed by atoms with Crippen molar-refractivity contribution in [3.05, 3.63) is 188 Å². The van der Waals surface area contributed by atoms with Gasteiger partial charge in [0.15, 0.2) is 5.82 Å². The molecule has 11 rings (SSSR count). The molecular weight excluding hydrogens is 673 g/mol. The van der Waals surface area contributed by atoms with E-state index in [1.807, 2.05) is 6.07 Å². The number of benzene rings is 7. The Kier molecular flexibility index (Phi) is 7.07. The molecule has 258 valence electrons. The smallest absolute Gasteiger partial charge is 0.178 e. The van der Waals surface area contributed by atoms with Crippen LogP contribution in [0.5, 0.6) is 0 Å². The number of aromatic nitrogens is 6. The second kappa shape index (κ2) is 12.5. The van der Waals surface area contributed by atoms with E-state index in [1.54, 1.807) is 12.5 Å². The summed E-state index contributed by atoms with van der Waals surface area (Å²) in [5.41, 5.74) is 13.4. The zero-order valence-electron chi connectivity index (χ0n) is 29.6. The Labute approximate surface area is 316 Å². The van der Waals surface area contributed by atoms with Crippen LogP contribution >= 0.6 is 0 Å². The second-order valence-corrected chi connectivity index (χ2v) is 13.8. The molecule has 6 heteroatoms. The number of nitrogens with zero attached hydrogens (tertiary/aromatic N) is 5. The normalized spacial score (nSPS) is 11.6. The Bertz CT molecular complexity index is 2950. The van der Waals surface area contributed by atoms with Crippen molar-refractivity contribution in [2.45, 2.75) is 0 Å². The minimum absolute atomic E-state index is 0.581. The summed E-state index contributed by atoms with van der Waals surface area (Å²) in [6.07, 6.45) is 3.45. The van der Waals surface area contributed by atoms with Gasteiger partial charge >= 0.3 is 0 Å². The summed E-state index contributed by atoms with van der Waals surface area (Å²) < 4.78 is 4.76. The molecule has 0 radical (unpaired) electrons. The summed E-state index contributed by atoms with van der Waals surface area (Å²) in [5, 5.41) is 4.86. The van der Waals surface area contributed by atoms with Crippen molar-refractivity contribution in [1.82, 2.24) is 29.1 Å². The molecule has 0 spiro atoms. The van der Waals surface area contributed by atoms with Crippen LogP contribution < -0.4 is 0 Å². The Morgan fingerprint density at radius 2 is 0.818 bits per heavy atom. The van der Waals surface area contributed by atoms with Gasteiger partial charge in [-0.2, -0.15) is 0 Å². The van der Waals surface area contributed by atoms with Gasteiger partial charge in [-0.05, 0) is 59.7 Å². The number of H-pyrrole nitrogens is 1. The van der Waals surface area contributed by atoms with Crippen molar-refractivity contribution in [2.24, 2.45) is 0 Å². The third-order valence-electron chi connectivity index (χ3n) is 10.6. The molecule has 1 N–H and O–H groups in total. The summed E-state index contributed by atoms with van der Waals surface area (Å²) in [6, 6.07) is 62.6. The van der Waals surface area contributed by atoms with E-state index in [0.29, 0.717) is 5.82 Å². The van der Waals surface area contributed by atoms with Crippen molar-refractivity contribution < 1.29 is 0 Å². The lowest BCUT2D eigenvalue weighted by Gasteiger charge is -2.16. The average Bonchev–Trinajstić information content (AvgIpc) is 4.00. The fourth-order valence-corrected chi connectivity index (χ4v) is 8.11. The predicted octanol–water partition coefficient (Wildman–Crippen LogP) is 12.1. The van der Waals surface area contributed by atoms with Crippen LogP contribution in [0.4, 0.5) is 0 Å². The van der Waals surface area contributed by atoms with E-state index in [4.69, 9.17) is 9.97 Å². The van der Waals surface area contributed by atoms with Crippen LogP contribution in [0.15, 0.2) is 188 Å². The van der Waals surface area contributed by atoms with E-state index >= 15 is 0 Å². The fraction of sp³-hybridized carbons (Fsp3) is 0. The van der Waals surface area contributed by atoms with Gasteiger partial charge in [0.25, 0.3) is 0 Å². The first kappa shape index (κ1) is 31.0. The quantitative estimate of drug-likeness (QED) is 0.187. The number of aromatic amines is 1. The van der Waals surface area contributed by atoms with Crippen LogP contribution in [0, 0.1) is 0 Å². The molecule has 0 fully saturated rings. The standard InChI is InChI=1S/C49H32N6/c1-2-12-32(13-3-1)33-22-24-34(25-23-33)42-29-43(53-49(52-42)44-30-50-31-51-44)35-26-36(54-45-18-8-4-14-38(45)39-15-5-9-19-46(39)54)28-37(27-35)55-47-20-10-6-16-40(47)41-17-7-11-21-48(41)55/h1-31H,(H,50,51). The minimum Gasteiger partial charge on any atom is -0.342 e. The molecule has 0 aliphatic carbocycles. The molecule has 7 aromatic carbocycles. The third kappa shape index (κ3) is 5.15. The molecule has 6 nitrogen and oxygen atoms in total. The topological polar surface area (TPSA) is 64.3 Å². The van der Waals surface area contributed by atoms with E-state index < -0.39 is 0 Å². The minimum atomic E-state index is 0.581. The highest BCUT2D eigenvalue weighted by Gasteiger charge is 2.19. The summed E-state index contributed by atoms with van der Waals surface area (Å²) in [4.78, 5) is 17.9. The highest BCUT2D eigenvalue weighted by Crippen LogP contribution is 2.38. The molecule has 55 heavy (non-hydrogen) atoms. The number of hydrogen-bond acceptors (Lipinski definition) is 3. The average molecular weight is 705 g/mol. The maximum absolute atomic E-state index is 5.23. The molecule has 4 aromatic heterocycles. The maximum atomic E-state index is 5.23. The van der Waals surface area contributed by atoms with E-state index in [0.717, 1.165) is 67.2 Å². The maximum Gasteiger partial charge on any atom is 0.178 e. The van der Waals surface area contributed by atoms with Gasteiger partial charge in [-0.25, -0.2) is 15.0 Å². The first-order chi connectivity index (χ1) is 27.3. The molecule has 0 atom stereocenters. The molecular formula is C49H32N6. The zero-order valence-corrected chi connectivity index (χ0v) is 29.6. The summed E-state index contributed by atoms with van der Waals surface area (Å²) >= 11 is 0. The largest absolute Gasteiger partial charge is 0.342 e. The van der Waals surface area contributed by atoms with Crippen LogP contribution in [0.1, 0.15) is 0 Å². The van der Waals surface area contributed by atoms with Gasteiger partial charge in [0, 0.05) is 44.0 Å². The Balaban J connectivity index is 1.18. The number of fused-ring (bicyclic) bond motifs is 6. The molecule has 0 aliphatic heterocycles. The van der Waals surface area contributed by atoms with Gasteiger partial charge in [0.1, 0.15) is 5.69 Å². The van der Waals surface area contributed by atoms with E-state index in [1.165, 1.54) is 27.1 Å². The van der Waals surface area contributed by atoms with Crippen molar-refractivity contribution in [2.75, 3.05) is 0 Å². The van der Waals surface area contributed by atoms with E-state index in [9.17, 15) is 0 Å². The molecule has 0 saturated carbocycles. The summed E-state index contributed by atoms with van der Waals surface area (Å²) in [5.74, 6) is 0.581. The van der Waals surface area contributed by atoms with Gasteiger partial charge in [-0.1, -0.05) is 127 Å². The van der Waals surface area contributed by atoms with Gasteiger partial charge in [0.2, 0.25) is 0 Å². The number of hydrogen-bond donors (Lipinski definition) is 1. The molecule has 0 bridgehead atoms. The second-order valence-electron chi connectivity index (χ2n) is 13.8. The van der Waals surface area contributed by atoms with Crippen LogP contribution in [0.3, 0.4) is 0 Å². The van der Waals surface area contributed by atoms with Crippen LogP contribution in [0.25, 0.3) is 100 Å². The highest BCUT2D eigenvalue weighted by molar-refractivity contribution is 6.10. The number of imidazole rings is 1. The number of rotatable bonds is 6. The lowest BCUT2D eigenvalue weighted by Crippen LogP contribution is -2.01. The molecule has 4 heterocycles. The van der Waals surface area contributed by atoms with Gasteiger partial charge in [0.05, 0.1) is 46.0 Å². The van der Waals surface area contributed by atoms with Crippen molar-refractivity contribution in [3.63, 3.8) is 0 Å². The van der Waals surface area contributed by atoms with Gasteiger partial charge in [-0.3, -0.25) is 0 Å². The monoisotopic (exact) mass is 704 g/mol. The van der Waals surface area contributed by atoms with E-state index in [-0.39, 0.29) is 0 Å². The Morgan fingerprint density at radius 1 is 0.382 bits per heavy atom. The van der Waals surface area contributed by atoms with Crippen molar-refractivity contribution >= 4 is 43.6 Å². The Hall–Kier alpha value is -7.57. The molecule has 0 amide bonds. The molecule has 0 unspecified atom stereocenters. The SMILES string of the molecule is c1ccc(-c2ccc(-c3cc(-c4cc(-n5c6ccccc6c6ccccc65)cc(-n5c6ccccc6c6ccccc65)c4)nc(-c4cnc[nH]4)n3)cc2)cc1. The number of para-hydroxylation sites is 4. The van der Waals surface area contributed by atoms with Gasteiger partial charge < -0.3 is 14.1 Å². The summed E-state index contributed by atoms with van der Waals surface area (Å²) in [7, 11) is 0. The summed E-state index contributed by atoms with van der Waals surface area (Å²) in [6.45, 7) is 0. The fourth-order valence-electron chi connectivity index (χ4n) is 8.11. The van der Waals surface area contributed by atoms with Crippen molar-refractivity contribution in [1.29, 1.82) is 0 Å². The predicted molar refractivity (Wildman–Crippen MR) is 225 cm³/mol. The van der Waals surface area contributed by atoms with Crippen LogP contribution in [0.2, 0.25) is 0 Å². The first-order valence-corrected chi connectivity index (χ1v) is 18.4. The zero-order chi connectivity index (χ0) is 36.3. The van der Waals surface area contributed by atoms with E-state index in [2.05, 4.69) is 189 Å². The highest BCUT2D eigenvalue weighted by atomic mass is 15.0. The first-order valence-electron chi connectivity index (χ1n) is 18.4. The Morgan fingerprint density at radius 3 is 1.31 bits per heavy atom. The molecule has 0 aliphatic rings. The molecule has 0 saturated heterocycles. The van der Waals surface area contributed by atoms with Crippen LogP contribution in [-0.4, -0.2) is 29.1 Å². The van der Waals surface area contributed by atoms with Crippen LogP contribution in [-0.2, 0) is 0 Å². The van der Waals surface area contributed by atoms with Gasteiger partial charge in [-0.15, -0.1) is 0 Å². The molecule has 11 aromatic rings. The third-order valence-corrected chi connectivity index (χ3v) is 10.6.